The van der Waals surface area contributed by atoms with Crippen LogP contribution in [-0.2, 0) is 35.4 Å². The van der Waals surface area contributed by atoms with Crippen LogP contribution in [0.4, 0.5) is 0 Å². The Bertz CT molecular complexity index is 1240. The Hall–Kier alpha value is -3.74. The van der Waals surface area contributed by atoms with Crippen molar-refractivity contribution in [3.05, 3.63) is 76.9 Å². The van der Waals surface area contributed by atoms with E-state index in [-0.39, 0.29) is 30.8 Å². The molecule has 0 N–H and O–H groups in total. The van der Waals surface area contributed by atoms with Crippen molar-refractivity contribution in [2.24, 2.45) is 0 Å². The van der Waals surface area contributed by atoms with Crippen molar-refractivity contribution in [1.29, 1.82) is 0 Å². The number of benzene rings is 2. The molecule has 0 saturated carbocycles. The third-order valence-corrected chi connectivity index (χ3v) is 5.71. The normalized spacial score (nSPS) is 13.0. The molecule has 0 amide bonds. The third kappa shape index (κ3) is 4.19. The number of aromatic nitrogens is 3. The molecule has 2 aromatic carbocycles. The first-order valence-electron chi connectivity index (χ1n) is 10.8. The van der Waals surface area contributed by atoms with Gasteiger partial charge in [0.05, 0.1) is 6.42 Å². The zero-order chi connectivity index (χ0) is 21.9. The van der Waals surface area contributed by atoms with Crippen LogP contribution in [0, 0.1) is 6.92 Å². The fourth-order valence-electron chi connectivity index (χ4n) is 4.09. The number of hydrogen-bond donors (Lipinski definition) is 0. The molecular weight excluding hydrogens is 406 g/mol. The van der Waals surface area contributed by atoms with Crippen molar-refractivity contribution in [3.8, 4) is 22.7 Å². The molecule has 0 bridgehead atoms. The number of carbonyl (C=O) groups excluding carboxylic acids is 1. The largest absolute Gasteiger partial charge is 0.455 e. The van der Waals surface area contributed by atoms with Gasteiger partial charge in [-0.05, 0) is 49.3 Å². The highest BCUT2D eigenvalue weighted by Crippen LogP contribution is 2.33. The van der Waals surface area contributed by atoms with Crippen molar-refractivity contribution in [3.63, 3.8) is 0 Å². The molecule has 1 aliphatic rings. The van der Waals surface area contributed by atoms with E-state index in [1.54, 1.807) is 6.92 Å². The molecule has 0 atom stereocenters. The maximum atomic E-state index is 12.3. The number of aryl methyl sites for hydroxylation is 3. The first-order chi connectivity index (χ1) is 15.7. The summed E-state index contributed by atoms with van der Waals surface area (Å²) in [5.74, 6) is 0.747. The number of nitrogens with zero attached hydrogens (tertiary/aromatic N) is 3. The molecule has 0 unspecified atom stereocenters. The SMILES string of the molecule is Cc1onc(-c2ccccc2)c1-c1nnc(COC(=O)Cc2ccc3c(c2)CCCC3)o1. The minimum Gasteiger partial charge on any atom is -0.455 e. The van der Waals surface area contributed by atoms with Crippen molar-refractivity contribution in [2.75, 3.05) is 0 Å². The second-order valence-electron chi connectivity index (χ2n) is 7.98. The topological polar surface area (TPSA) is 91.3 Å². The van der Waals surface area contributed by atoms with Gasteiger partial charge in [0.2, 0.25) is 0 Å². The Labute approximate surface area is 185 Å². The standard InChI is InChI=1S/C25H23N3O4/c1-16-23(24(28-32-16)19-8-3-2-4-9-19)25-27-26-21(31-25)15-30-22(29)14-17-11-12-18-7-5-6-10-20(18)13-17/h2-4,8-9,11-13H,5-7,10,14-15H2,1H3. The molecule has 162 valence electrons. The molecule has 4 aromatic rings. The lowest BCUT2D eigenvalue weighted by molar-refractivity contribution is -0.144. The van der Waals surface area contributed by atoms with Gasteiger partial charge in [0.15, 0.2) is 6.61 Å². The van der Waals surface area contributed by atoms with Crippen molar-refractivity contribution in [1.82, 2.24) is 15.4 Å². The summed E-state index contributed by atoms with van der Waals surface area (Å²) in [5, 5.41) is 12.3. The molecular formula is C25H23N3O4. The molecule has 2 aromatic heterocycles. The van der Waals surface area contributed by atoms with Crippen molar-refractivity contribution in [2.45, 2.75) is 45.6 Å². The van der Waals surface area contributed by atoms with Gasteiger partial charge in [-0.2, -0.15) is 0 Å². The van der Waals surface area contributed by atoms with Crippen LogP contribution in [-0.4, -0.2) is 21.3 Å². The molecule has 0 fully saturated rings. The van der Waals surface area contributed by atoms with Gasteiger partial charge in [0.25, 0.3) is 11.8 Å². The minimum absolute atomic E-state index is 0.0816. The summed E-state index contributed by atoms with van der Waals surface area (Å²) in [4.78, 5) is 12.3. The fraction of sp³-hybridized carbons (Fsp3) is 0.280. The fourth-order valence-corrected chi connectivity index (χ4v) is 4.09. The van der Waals surface area contributed by atoms with Crippen LogP contribution >= 0.6 is 0 Å². The Morgan fingerprint density at radius 3 is 2.69 bits per heavy atom. The average Bonchev–Trinajstić information content (AvgIpc) is 3.44. The zero-order valence-electron chi connectivity index (χ0n) is 17.8. The number of rotatable bonds is 6. The van der Waals surface area contributed by atoms with E-state index in [1.807, 2.05) is 36.4 Å². The lowest BCUT2D eigenvalue weighted by Gasteiger charge is -2.16. The van der Waals surface area contributed by atoms with E-state index < -0.39 is 0 Å². The molecule has 0 aliphatic heterocycles. The zero-order valence-corrected chi connectivity index (χ0v) is 17.8. The van der Waals surface area contributed by atoms with Gasteiger partial charge in [0, 0.05) is 5.56 Å². The maximum absolute atomic E-state index is 12.3. The highest BCUT2D eigenvalue weighted by molar-refractivity contribution is 5.77. The molecule has 0 radical (unpaired) electrons. The third-order valence-electron chi connectivity index (χ3n) is 5.71. The highest BCUT2D eigenvalue weighted by atomic mass is 16.5. The van der Waals surface area contributed by atoms with E-state index in [0.717, 1.165) is 24.0 Å². The lowest BCUT2D eigenvalue weighted by Crippen LogP contribution is -2.10. The van der Waals surface area contributed by atoms with Gasteiger partial charge in [-0.1, -0.05) is 53.7 Å². The molecule has 1 aliphatic carbocycles. The number of ether oxygens (including phenoxy) is 1. The van der Waals surface area contributed by atoms with Gasteiger partial charge < -0.3 is 13.7 Å². The van der Waals surface area contributed by atoms with Crippen molar-refractivity contribution >= 4 is 5.97 Å². The number of carbonyl (C=O) groups is 1. The predicted octanol–water partition coefficient (Wildman–Crippen LogP) is 4.86. The Morgan fingerprint density at radius 2 is 1.84 bits per heavy atom. The lowest BCUT2D eigenvalue weighted by atomic mass is 9.90. The molecule has 7 heteroatoms. The first-order valence-corrected chi connectivity index (χ1v) is 10.8. The molecule has 0 saturated heterocycles. The quantitative estimate of drug-likeness (QED) is 0.404. The van der Waals surface area contributed by atoms with E-state index in [0.29, 0.717) is 17.0 Å². The van der Waals surface area contributed by atoms with Crippen LogP contribution in [0.15, 0.2) is 57.5 Å². The highest BCUT2D eigenvalue weighted by Gasteiger charge is 2.22. The average molecular weight is 429 g/mol. The van der Waals surface area contributed by atoms with Gasteiger partial charge in [-0.15, -0.1) is 10.2 Å². The summed E-state index contributed by atoms with van der Waals surface area (Å²) in [6.07, 6.45) is 4.87. The van der Waals surface area contributed by atoms with Crippen LogP contribution in [0.1, 0.15) is 41.2 Å². The Balaban J connectivity index is 1.25. The number of hydrogen-bond acceptors (Lipinski definition) is 7. The molecule has 5 rings (SSSR count). The smallest absolute Gasteiger partial charge is 0.310 e. The summed E-state index contributed by atoms with van der Waals surface area (Å²) in [7, 11) is 0. The monoisotopic (exact) mass is 429 g/mol. The first kappa shape index (κ1) is 20.2. The van der Waals surface area contributed by atoms with Gasteiger partial charge in [-0.3, -0.25) is 4.79 Å². The summed E-state index contributed by atoms with van der Waals surface area (Å²) < 4.78 is 16.5. The Morgan fingerprint density at radius 1 is 1.03 bits per heavy atom. The molecule has 32 heavy (non-hydrogen) atoms. The van der Waals surface area contributed by atoms with Crippen LogP contribution < -0.4 is 0 Å². The summed E-state index contributed by atoms with van der Waals surface area (Å²) in [5.41, 5.74) is 5.86. The van der Waals surface area contributed by atoms with Crippen LogP contribution in [0.25, 0.3) is 22.7 Å². The predicted molar refractivity (Wildman–Crippen MR) is 117 cm³/mol. The molecule has 0 spiro atoms. The van der Waals surface area contributed by atoms with Crippen LogP contribution in [0.3, 0.4) is 0 Å². The van der Waals surface area contributed by atoms with Gasteiger partial charge in [0.1, 0.15) is 17.0 Å². The number of esters is 1. The van der Waals surface area contributed by atoms with Crippen LogP contribution in [0.2, 0.25) is 0 Å². The van der Waals surface area contributed by atoms with Crippen molar-refractivity contribution < 1.29 is 18.5 Å². The molecule has 2 heterocycles. The second kappa shape index (κ2) is 8.78. The minimum atomic E-state index is -0.327. The summed E-state index contributed by atoms with van der Waals surface area (Å²) >= 11 is 0. The van der Waals surface area contributed by atoms with E-state index in [9.17, 15) is 4.79 Å². The van der Waals surface area contributed by atoms with Gasteiger partial charge >= 0.3 is 5.97 Å². The van der Waals surface area contributed by atoms with Gasteiger partial charge in [-0.25, -0.2) is 0 Å². The summed E-state index contributed by atoms with van der Waals surface area (Å²) in [6.45, 7) is 1.71. The molecule has 7 nitrogen and oxygen atoms in total. The van der Waals surface area contributed by atoms with E-state index >= 15 is 0 Å². The van der Waals surface area contributed by atoms with E-state index in [2.05, 4.69) is 27.5 Å². The Kier molecular flexibility index (Phi) is 5.54. The second-order valence-corrected chi connectivity index (χ2v) is 7.98. The maximum Gasteiger partial charge on any atom is 0.310 e. The summed E-state index contributed by atoms with van der Waals surface area (Å²) in [6, 6.07) is 15.9. The van der Waals surface area contributed by atoms with Crippen LogP contribution in [0.5, 0.6) is 0 Å². The van der Waals surface area contributed by atoms with E-state index in [4.69, 9.17) is 13.7 Å². The number of fused-ring (bicyclic) bond motifs is 1. The van der Waals surface area contributed by atoms with E-state index in [1.165, 1.54) is 24.0 Å².